The Balaban J connectivity index is 1.29. The SMILES string of the molecule is O=C(NC1CCCCC1)N[C@H]1C[C@@H](OCc2ccccc2)[C@@H](OCc2ccccc2)[C@@H](COCc2ccccc2)O1. The van der Waals surface area contributed by atoms with Gasteiger partial charge in [0.25, 0.3) is 0 Å². The molecule has 2 fully saturated rings. The Morgan fingerprint density at radius 2 is 1.27 bits per heavy atom. The summed E-state index contributed by atoms with van der Waals surface area (Å²) in [4.78, 5) is 13.0. The fraction of sp³-hybridized carbons (Fsp3) is 0.441. The molecule has 1 heterocycles. The molecule has 1 saturated heterocycles. The first-order valence-electron chi connectivity index (χ1n) is 14.9. The number of hydrogen-bond donors (Lipinski definition) is 2. The van der Waals surface area contributed by atoms with Gasteiger partial charge in [-0.1, -0.05) is 110 Å². The van der Waals surface area contributed by atoms with Crippen LogP contribution in [-0.2, 0) is 38.8 Å². The third-order valence-corrected chi connectivity index (χ3v) is 7.74. The van der Waals surface area contributed by atoms with Crippen LogP contribution in [0.25, 0.3) is 0 Å². The highest BCUT2D eigenvalue weighted by Gasteiger charge is 2.41. The minimum Gasteiger partial charge on any atom is -0.374 e. The first kappa shape index (κ1) is 29.3. The van der Waals surface area contributed by atoms with Crippen molar-refractivity contribution >= 4 is 6.03 Å². The second-order valence-corrected chi connectivity index (χ2v) is 10.9. The number of rotatable bonds is 12. The summed E-state index contributed by atoms with van der Waals surface area (Å²) in [6, 6.07) is 30.3. The molecule has 2 amide bonds. The van der Waals surface area contributed by atoms with E-state index in [4.69, 9.17) is 18.9 Å². The lowest BCUT2D eigenvalue weighted by Gasteiger charge is -2.41. The molecule has 218 valence electrons. The van der Waals surface area contributed by atoms with E-state index in [0.717, 1.165) is 42.4 Å². The van der Waals surface area contributed by atoms with Gasteiger partial charge in [-0.25, -0.2) is 4.79 Å². The lowest BCUT2D eigenvalue weighted by Crippen LogP contribution is -2.58. The molecular weight excluding hydrogens is 516 g/mol. The molecule has 4 atom stereocenters. The van der Waals surface area contributed by atoms with Crippen LogP contribution in [0.2, 0.25) is 0 Å². The van der Waals surface area contributed by atoms with E-state index in [1.807, 2.05) is 91.0 Å². The molecule has 0 unspecified atom stereocenters. The van der Waals surface area contributed by atoms with Crippen molar-refractivity contribution in [2.45, 2.75) is 88.9 Å². The maximum Gasteiger partial charge on any atom is 0.317 e. The molecule has 0 aromatic heterocycles. The Labute approximate surface area is 243 Å². The molecule has 0 bridgehead atoms. The zero-order chi connectivity index (χ0) is 28.1. The summed E-state index contributed by atoms with van der Waals surface area (Å²) in [6.07, 6.45) is 4.41. The number of nitrogens with one attached hydrogen (secondary N) is 2. The largest absolute Gasteiger partial charge is 0.374 e. The summed E-state index contributed by atoms with van der Waals surface area (Å²) >= 11 is 0. The second kappa shape index (κ2) is 15.7. The monoisotopic (exact) mass is 558 g/mol. The fourth-order valence-electron chi connectivity index (χ4n) is 5.56. The van der Waals surface area contributed by atoms with Gasteiger partial charge in [0.2, 0.25) is 0 Å². The normalized spacial score (nSPS) is 23.1. The Kier molecular flexibility index (Phi) is 11.2. The molecule has 3 aromatic rings. The van der Waals surface area contributed by atoms with Crippen LogP contribution < -0.4 is 10.6 Å². The molecule has 7 nitrogen and oxygen atoms in total. The highest BCUT2D eigenvalue weighted by Crippen LogP contribution is 2.27. The third kappa shape index (κ3) is 9.40. The van der Waals surface area contributed by atoms with Crippen molar-refractivity contribution < 1.29 is 23.7 Å². The molecule has 1 aliphatic heterocycles. The van der Waals surface area contributed by atoms with Gasteiger partial charge >= 0.3 is 6.03 Å². The predicted octanol–water partition coefficient (Wildman–Crippen LogP) is 6.12. The van der Waals surface area contributed by atoms with Crippen molar-refractivity contribution in [3.8, 4) is 0 Å². The first-order chi connectivity index (χ1) is 20.2. The van der Waals surface area contributed by atoms with Crippen LogP contribution in [0.1, 0.15) is 55.2 Å². The number of carbonyl (C=O) groups excluding carboxylic acids is 1. The first-order valence-corrected chi connectivity index (χ1v) is 14.9. The lowest BCUT2D eigenvalue weighted by molar-refractivity contribution is -0.223. The van der Waals surface area contributed by atoms with Crippen LogP contribution in [0.15, 0.2) is 91.0 Å². The van der Waals surface area contributed by atoms with Gasteiger partial charge in [-0.2, -0.15) is 0 Å². The van der Waals surface area contributed by atoms with E-state index >= 15 is 0 Å². The average molecular weight is 559 g/mol. The maximum absolute atomic E-state index is 13.0. The molecule has 1 saturated carbocycles. The van der Waals surface area contributed by atoms with Gasteiger partial charge in [0.15, 0.2) is 0 Å². The van der Waals surface area contributed by atoms with E-state index in [0.29, 0.717) is 32.8 Å². The van der Waals surface area contributed by atoms with Crippen molar-refractivity contribution in [2.75, 3.05) is 6.61 Å². The van der Waals surface area contributed by atoms with Gasteiger partial charge in [-0.05, 0) is 29.5 Å². The van der Waals surface area contributed by atoms with Gasteiger partial charge in [0.1, 0.15) is 18.4 Å². The van der Waals surface area contributed by atoms with Crippen LogP contribution in [0.3, 0.4) is 0 Å². The fourth-order valence-corrected chi connectivity index (χ4v) is 5.56. The average Bonchev–Trinajstić information content (AvgIpc) is 3.01. The highest BCUT2D eigenvalue weighted by atomic mass is 16.6. The standard InChI is InChI=1S/C34H42N2O5/c37-34(35-29-19-11-4-12-20-29)36-32-21-30(39-23-27-15-7-2-8-16-27)33(40-24-28-17-9-3-10-18-28)31(41-32)25-38-22-26-13-5-1-6-14-26/h1-3,5-10,13-18,29-33H,4,11-12,19-25H2,(H2,35,36,37)/t30-,31-,32-,33-/m1/s1. The van der Waals surface area contributed by atoms with Crippen molar-refractivity contribution in [1.82, 2.24) is 10.6 Å². The van der Waals surface area contributed by atoms with Gasteiger partial charge in [0.05, 0.1) is 32.5 Å². The summed E-state index contributed by atoms with van der Waals surface area (Å²) in [6.45, 7) is 1.63. The van der Waals surface area contributed by atoms with Crippen LogP contribution in [0.5, 0.6) is 0 Å². The predicted molar refractivity (Wildman–Crippen MR) is 158 cm³/mol. The molecular formula is C34H42N2O5. The zero-order valence-electron chi connectivity index (χ0n) is 23.7. The van der Waals surface area contributed by atoms with E-state index in [1.54, 1.807) is 0 Å². The van der Waals surface area contributed by atoms with Crippen LogP contribution in [0, 0.1) is 0 Å². The Morgan fingerprint density at radius 3 is 1.88 bits per heavy atom. The molecule has 0 spiro atoms. The molecule has 0 radical (unpaired) electrons. The van der Waals surface area contributed by atoms with Gasteiger partial charge < -0.3 is 29.6 Å². The smallest absolute Gasteiger partial charge is 0.317 e. The van der Waals surface area contributed by atoms with Crippen molar-refractivity contribution in [3.63, 3.8) is 0 Å². The second-order valence-electron chi connectivity index (χ2n) is 10.9. The Morgan fingerprint density at radius 1 is 0.707 bits per heavy atom. The van der Waals surface area contributed by atoms with E-state index in [2.05, 4.69) is 10.6 Å². The summed E-state index contributed by atoms with van der Waals surface area (Å²) in [7, 11) is 0. The number of urea groups is 1. The molecule has 3 aromatic carbocycles. The summed E-state index contributed by atoms with van der Waals surface area (Å²) in [5.74, 6) is 0. The minimum atomic E-state index is -0.527. The van der Waals surface area contributed by atoms with Gasteiger partial charge in [-0.3, -0.25) is 0 Å². The molecule has 2 N–H and O–H groups in total. The van der Waals surface area contributed by atoms with Gasteiger partial charge in [0, 0.05) is 12.5 Å². The lowest BCUT2D eigenvalue weighted by atomic mass is 9.96. The molecule has 7 heteroatoms. The van der Waals surface area contributed by atoms with E-state index in [9.17, 15) is 4.79 Å². The molecule has 41 heavy (non-hydrogen) atoms. The number of amides is 2. The van der Waals surface area contributed by atoms with Crippen molar-refractivity contribution in [3.05, 3.63) is 108 Å². The van der Waals surface area contributed by atoms with Gasteiger partial charge in [-0.15, -0.1) is 0 Å². The van der Waals surface area contributed by atoms with Crippen molar-refractivity contribution in [1.29, 1.82) is 0 Å². The topological polar surface area (TPSA) is 78.1 Å². The molecule has 2 aliphatic rings. The summed E-state index contributed by atoms with van der Waals surface area (Å²) in [5.41, 5.74) is 3.24. The number of benzene rings is 3. The number of carbonyl (C=O) groups is 1. The van der Waals surface area contributed by atoms with Crippen LogP contribution in [-0.4, -0.2) is 43.2 Å². The quantitative estimate of drug-likeness (QED) is 0.280. The number of hydrogen-bond acceptors (Lipinski definition) is 5. The summed E-state index contributed by atoms with van der Waals surface area (Å²) < 4.78 is 25.6. The van der Waals surface area contributed by atoms with Crippen LogP contribution in [0.4, 0.5) is 4.79 Å². The van der Waals surface area contributed by atoms with E-state index < -0.39 is 12.3 Å². The van der Waals surface area contributed by atoms with Crippen LogP contribution >= 0.6 is 0 Å². The van der Waals surface area contributed by atoms with E-state index in [-0.39, 0.29) is 24.3 Å². The highest BCUT2D eigenvalue weighted by molar-refractivity contribution is 5.74. The number of ether oxygens (including phenoxy) is 4. The Hall–Kier alpha value is -3.23. The molecule has 1 aliphatic carbocycles. The molecule has 5 rings (SSSR count). The minimum absolute atomic E-state index is 0.198. The van der Waals surface area contributed by atoms with Crippen molar-refractivity contribution in [2.24, 2.45) is 0 Å². The maximum atomic E-state index is 13.0. The Bertz CT molecular complexity index is 1160. The zero-order valence-corrected chi connectivity index (χ0v) is 23.7. The summed E-state index contributed by atoms with van der Waals surface area (Å²) in [5, 5.41) is 6.21. The third-order valence-electron chi connectivity index (χ3n) is 7.74. The van der Waals surface area contributed by atoms with E-state index in [1.165, 1.54) is 6.42 Å².